The molecule has 0 radical (unpaired) electrons. The Bertz CT molecular complexity index is 657. The van der Waals surface area contributed by atoms with Gasteiger partial charge in [0.2, 0.25) is 0 Å². The molecule has 2 aromatic carbocycles. The third kappa shape index (κ3) is 3.88. The van der Waals surface area contributed by atoms with E-state index in [0.717, 1.165) is 22.2 Å². The van der Waals surface area contributed by atoms with Crippen molar-refractivity contribution in [2.75, 3.05) is 5.75 Å². The van der Waals surface area contributed by atoms with Crippen molar-refractivity contribution in [3.8, 4) is 0 Å². The first-order valence-electron chi connectivity index (χ1n) is 7.98. The average molecular weight is 366 g/mol. The first kappa shape index (κ1) is 17.2. The molecule has 2 atom stereocenters. The molecule has 0 aromatic heterocycles. The second kappa shape index (κ2) is 7.48. The zero-order valence-corrected chi connectivity index (χ0v) is 15.7. The Labute approximate surface area is 153 Å². The van der Waals surface area contributed by atoms with Crippen LogP contribution in [0.25, 0.3) is 0 Å². The summed E-state index contributed by atoms with van der Waals surface area (Å²) in [5, 5.41) is 1.60. The lowest BCUT2D eigenvalue weighted by molar-refractivity contribution is 0.249. The van der Waals surface area contributed by atoms with E-state index in [4.69, 9.17) is 23.2 Å². The summed E-state index contributed by atoms with van der Waals surface area (Å²) in [4.78, 5) is 0. The zero-order valence-electron chi connectivity index (χ0n) is 13.4. The maximum Gasteiger partial charge on any atom is 0.0523 e. The lowest BCUT2D eigenvalue weighted by atomic mass is 9.84. The van der Waals surface area contributed by atoms with E-state index in [-0.39, 0.29) is 0 Å². The smallest absolute Gasteiger partial charge is 0.0523 e. The highest BCUT2D eigenvalue weighted by Gasteiger charge is 2.35. The van der Waals surface area contributed by atoms with E-state index in [1.807, 2.05) is 30.1 Å². The van der Waals surface area contributed by atoms with E-state index in [1.165, 1.54) is 11.1 Å². The van der Waals surface area contributed by atoms with E-state index in [0.29, 0.717) is 18.0 Å². The quantitative estimate of drug-likeness (QED) is 0.565. The molecule has 1 aliphatic heterocycles. The van der Waals surface area contributed by atoms with Gasteiger partial charge in [0.1, 0.15) is 0 Å². The number of hydrogen-bond acceptors (Lipinski definition) is 2. The third-order valence-corrected chi connectivity index (χ3v) is 6.17. The number of rotatable bonds is 3. The van der Waals surface area contributed by atoms with Crippen LogP contribution in [0.1, 0.15) is 43.4 Å². The van der Waals surface area contributed by atoms with Gasteiger partial charge in [0.25, 0.3) is 0 Å². The van der Waals surface area contributed by atoms with Crippen molar-refractivity contribution in [1.82, 2.24) is 4.31 Å². The van der Waals surface area contributed by atoms with E-state index < -0.39 is 0 Å². The van der Waals surface area contributed by atoms with Gasteiger partial charge in [0, 0.05) is 27.8 Å². The Hall–Kier alpha value is -0.670. The molecule has 122 valence electrons. The van der Waals surface area contributed by atoms with E-state index >= 15 is 0 Å². The summed E-state index contributed by atoms with van der Waals surface area (Å²) < 4.78 is 2.53. The molecule has 1 aliphatic rings. The Morgan fingerprint density at radius 2 is 1.74 bits per heavy atom. The van der Waals surface area contributed by atoms with Crippen LogP contribution in [0.2, 0.25) is 10.0 Å². The van der Waals surface area contributed by atoms with E-state index in [9.17, 15) is 0 Å². The van der Waals surface area contributed by atoms with Crippen LogP contribution in [0, 0.1) is 0 Å². The molecule has 0 aliphatic carbocycles. The van der Waals surface area contributed by atoms with Crippen molar-refractivity contribution >= 4 is 35.1 Å². The Morgan fingerprint density at radius 3 is 2.39 bits per heavy atom. The van der Waals surface area contributed by atoms with Crippen LogP contribution in [0.3, 0.4) is 0 Å². The lowest BCUT2D eigenvalue weighted by Gasteiger charge is -2.43. The summed E-state index contributed by atoms with van der Waals surface area (Å²) in [6.07, 6.45) is 1.15. The standard InChI is InChI=1S/C19H21Cl2NS/c1-13(2)22-19(14-6-8-16(20)9-7-14)18(10-11-23-22)15-4-3-5-17(21)12-15/h3-9,12-13,18-19H,10-11H2,1-2H3/t18-,19-/m1/s1. The predicted molar refractivity (Wildman–Crippen MR) is 102 cm³/mol. The molecule has 2 aromatic rings. The molecule has 1 saturated heterocycles. The van der Waals surface area contributed by atoms with E-state index in [1.54, 1.807) is 0 Å². The average Bonchev–Trinajstić information content (AvgIpc) is 2.55. The second-order valence-electron chi connectivity index (χ2n) is 6.23. The van der Waals surface area contributed by atoms with Gasteiger partial charge < -0.3 is 0 Å². The topological polar surface area (TPSA) is 3.24 Å². The van der Waals surface area contributed by atoms with Gasteiger partial charge in [-0.3, -0.25) is 0 Å². The minimum Gasteiger partial charge on any atom is -0.240 e. The Balaban J connectivity index is 2.03. The van der Waals surface area contributed by atoms with Crippen molar-refractivity contribution in [3.63, 3.8) is 0 Å². The molecule has 4 heteroatoms. The molecule has 23 heavy (non-hydrogen) atoms. The molecular weight excluding hydrogens is 345 g/mol. The first-order valence-corrected chi connectivity index (χ1v) is 9.68. The van der Waals surface area contributed by atoms with Crippen molar-refractivity contribution in [2.45, 2.75) is 38.3 Å². The highest BCUT2D eigenvalue weighted by Crippen LogP contribution is 2.47. The molecule has 0 saturated carbocycles. The van der Waals surface area contributed by atoms with Crippen LogP contribution in [-0.4, -0.2) is 16.1 Å². The Kier molecular flexibility index (Phi) is 5.58. The molecule has 0 unspecified atom stereocenters. The van der Waals surface area contributed by atoms with Crippen molar-refractivity contribution in [2.24, 2.45) is 0 Å². The van der Waals surface area contributed by atoms with Crippen LogP contribution < -0.4 is 0 Å². The summed E-state index contributed by atoms with van der Waals surface area (Å²) in [6, 6.07) is 17.4. The van der Waals surface area contributed by atoms with Gasteiger partial charge in [-0.2, -0.15) is 0 Å². The Morgan fingerprint density at radius 1 is 1.00 bits per heavy atom. The van der Waals surface area contributed by atoms with Crippen LogP contribution in [0.15, 0.2) is 48.5 Å². The number of nitrogens with zero attached hydrogens (tertiary/aromatic N) is 1. The maximum atomic E-state index is 6.24. The summed E-state index contributed by atoms with van der Waals surface area (Å²) in [5.74, 6) is 1.58. The normalized spacial score (nSPS) is 22.5. The number of benzene rings is 2. The van der Waals surface area contributed by atoms with Crippen LogP contribution in [0.4, 0.5) is 0 Å². The maximum absolute atomic E-state index is 6.24. The fourth-order valence-corrected chi connectivity index (χ4v) is 4.92. The molecule has 1 heterocycles. The van der Waals surface area contributed by atoms with Gasteiger partial charge in [-0.1, -0.05) is 59.4 Å². The fourth-order valence-electron chi connectivity index (χ4n) is 3.30. The van der Waals surface area contributed by atoms with Gasteiger partial charge in [0.05, 0.1) is 6.04 Å². The van der Waals surface area contributed by atoms with Crippen LogP contribution in [-0.2, 0) is 0 Å². The summed E-state index contributed by atoms with van der Waals surface area (Å²) in [6.45, 7) is 4.52. The molecule has 1 fully saturated rings. The van der Waals surface area contributed by atoms with Gasteiger partial charge in [-0.15, -0.1) is 0 Å². The van der Waals surface area contributed by atoms with E-state index in [2.05, 4.69) is 48.5 Å². The lowest BCUT2D eigenvalue weighted by Crippen LogP contribution is -2.36. The fraction of sp³-hybridized carbons (Fsp3) is 0.368. The minimum atomic E-state index is 0.337. The van der Waals surface area contributed by atoms with Gasteiger partial charge in [0.15, 0.2) is 0 Å². The van der Waals surface area contributed by atoms with Crippen LogP contribution in [0.5, 0.6) is 0 Å². The molecule has 0 N–H and O–H groups in total. The number of halogens is 2. The second-order valence-corrected chi connectivity index (χ2v) is 8.19. The molecule has 3 rings (SSSR count). The van der Waals surface area contributed by atoms with Crippen molar-refractivity contribution < 1.29 is 0 Å². The molecule has 1 nitrogen and oxygen atoms in total. The summed E-state index contributed by atoms with van der Waals surface area (Å²) >= 11 is 14.3. The highest BCUT2D eigenvalue weighted by molar-refractivity contribution is 7.97. The minimum absolute atomic E-state index is 0.337. The predicted octanol–water partition coefficient (Wildman–Crippen LogP) is 6.58. The molecule has 0 spiro atoms. The van der Waals surface area contributed by atoms with Crippen molar-refractivity contribution in [3.05, 3.63) is 69.7 Å². The molecule has 0 amide bonds. The molecule has 0 bridgehead atoms. The summed E-state index contributed by atoms with van der Waals surface area (Å²) in [5.41, 5.74) is 2.64. The largest absolute Gasteiger partial charge is 0.240 e. The van der Waals surface area contributed by atoms with Gasteiger partial charge in [-0.05, 0) is 55.7 Å². The van der Waals surface area contributed by atoms with Gasteiger partial charge in [-0.25, -0.2) is 4.31 Å². The van der Waals surface area contributed by atoms with Gasteiger partial charge >= 0.3 is 0 Å². The summed E-state index contributed by atoms with van der Waals surface area (Å²) in [7, 11) is 0. The monoisotopic (exact) mass is 365 g/mol. The third-order valence-electron chi connectivity index (χ3n) is 4.32. The first-order chi connectivity index (χ1) is 11.1. The number of hydrogen-bond donors (Lipinski definition) is 0. The zero-order chi connectivity index (χ0) is 16.4. The molecular formula is C19H21Cl2NS. The van der Waals surface area contributed by atoms with Crippen molar-refractivity contribution in [1.29, 1.82) is 0 Å². The SMILES string of the molecule is CC(C)N1SCC[C@H](c2cccc(Cl)c2)[C@H]1c1ccc(Cl)cc1. The van der Waals surface area contributed by atoms with Crippen LogP contribution >= 0.6 is 35.1 Å². The highest BCUT2D eigenvalue weighted by atomic mass is 35.5.